The van der Waals surface area contributed by atoms with Crippen molar-refractivity contribution in [3.8, 4) is 0 Å². The fraction of sp³-hybridized carbons (Fsp3) is 0.214. The van der Waals surface area contributed by atoms with Crippen LogP contribution in [-0.4, -0.2) is 15.5 Å². The second kappa shape index (κ2) is 6.25. The standard InChI is InChI=1S/C14H15IN4O2/c1-8-5-10(16)3-4-11(8)18-12(20)6-19-7-17-9(2)13(15)14(19)21/h3-5,7H,6,16H2,1-2H3,(H,18,20). The molecule has 1 amide bonds. The summed E-state index contributed by atoms with van der Waals surface area (Å²) in [4.78, 5) is 28.1. The molecule has 0 unspecified atom stereocenters. The number of nitrogen functional groups attached to an aromatic ring is 1. The van der Waals surface area contributed by atoms with Crippen LogP contribution in [-0.2, 0) is 11.3 Å². The van der Waals surface area contributed by atoms with E-state index in [0.29, 0.717) is 20.6 Å². The Bertz CT molecular complexity index is 755. The highest BCUT2D eigenvalue weighted by molar-refractivity contribution is 14.1. The fourth-order valence-electron chi connectivity index (χ4n) is 1.83. The van der Waals surface area contributed by atoms with Crippen molar-refractivity contribution in [2.24, 2.45) is 0 Å². The van der Waals surface area contributed by atoms with E-state index in [0.717, 1.165) is 5.56 Å². The summed E-state index contributed by atoms with van der Waals surface area (Å²) in [5.41, 5.74) is 8.29. The second-order valence-corrected chi connectivity index (χ2v) is 5.78. The van der Waals surface area contributed by atoms with Gasteiger partial charge < -0.3 is 11.1 Å². The Morgan fingerprint density at radius 1 is 1.43 bits per heavy atom. The van der Waals surface area contributed by atoms with Gasteiger partial charge in [-0.15, -0.1) is 0 Å². The number of halogens is 1. The van der Waals surface area contributed by atoms with Crippen LogP contribution >= 0.6 is 22.6 Å². The molecule has 21 heavy (non-hydrogen) atoms. The van der Waals surface area contributed by atoms with Gasteiger partial charge in [-0.1, -0.05) is 0 Å². The lowest BCUT2D eigenvalue weighted by atomic mass is 10.2. The summed E-state index contributed by atoms with van der Waals surface area (Å²) in [6, 6.07) is 5.23. The molecular weight excluding hydrogens is 383 g/mol. The van der Waals surface area contributed by atoms with E-state index in [1.807, 2.05) is 29.5 Å². The number of nitrogens with zero attached hydrogens (tertiary/aromatic N) is 2. The smallest absolute Gasteiger partial charge is 0.267 e. The van der Waals surface area contributed by atoms with Crippen molar-refractivity contribution >= 4 is 39.9 Å². The maximum atomic E-state index is 12.0. The number of carbonyl (C=O) groups excluding carboxylic acids is 1. The number of hydrogen-bond donors (Lipinski definition) is 2. The molecule has 2 rings (SSSR count). The molecule has 2 aromatic rings. The van der Waals surface area contributed by atoms with E-state index in [1.165, 1.54) is 10.9 Å². The Kier molecular flexibility index (Phi) is 4.61. The van der Waals surface area contributed by atoms with Gasteiger partial charge in [-0.2, -0.15) is 0 Å². The first-order chi connectivity index (χ1) is 9.88. The molecule has 0 aliphatic rings. The SMILES string of the molecule is Cc1cc(N)ccc1NC(=O)Cn1cnc(C)c(I)c1=O. The molecule has 0 radical (unpaired) electrons. The number of aryl methyl sites for hydroxylation is 2. The van der Waals surface area contributed by atoms with E-state index in [4.69, 9.17) is 5.73 Å². The number of nitrogens with one attached hydrogen (secondary N) is 1. The molecule has 0 fully saturated rings. The molecule has 0 atom stereocenters. The van der Waals surface area contributed by atoms with E-state index in [2.05, 4.69) is 10.3 Å². The summed E-state index contributed by atoms with van der Waals surface area (Å²) in [6.07, 6.45) is 1.38. The quantitative estimate of drug-likeness (QED) is 0.608. The minimum Gasteiger partial charge on any atom is -0.399 e. The number of aromatic nitrogens is 2. The normalized spacial score (nSPS) is 10.4. The monoisotopic (exact) mass is 398 g/mol. The molecular formula is C14H15IN4O2. The van der Waals surface area contributed by atoms with Crippen molar-refractivity contribution < 1.29 is 4.79 Å². The lowest BCUT2D eigenvalue weighted by molar-refractivity contribution is -0.116. The lowest BCUT2D eigenvalue weighted by Gasteiger charge is -2.10. The molecule has 110 valence electrons. The van der Waals surface area contributed by atoms with E-state index in [-0.39, 0.29) is 18.0 Å². The zero-order valence-corrected chi connectivity index (χ0v) is 13.8. The molecule has 0 aliphatic carbocycles. The van der Waals surface area contributed by atoms with Gasteiger partial charge >= 0.3 is 0 Å². The number of carbonyl (C=O) groups is 1. The third-order valence-electron chi connectivity index (χ3n) is 3.00. The van der Waals surface area contributed by atoms with Crippen LogP contribution in [0.1, 0.15) is 11.3 Å². The third kappa shape index (κ3) is 3.60. The van der Waals surface area contributed by atoms with Crippen LogP contribution in [0.15, 0.2) is 29.3 Å². The molecule has 6 nitrogen and oxygen atoms in total. The number of benzene rings is 1. The number of amides is 1. The zero-order valence-electron chi connectivity index (χ0n) is 11.7. The van der Waals surface area contributed by atoms with Gasteiger partial charge in [0.05, 0.1) is 15.6 Å². The summed E-state index contributed by atoms with van der Waals surface area (Å²) < 4.78 is 1.81. The summed E-state index contributed by atoms with van der Waals surface area (Å²) in [6.45, 7) is 3.53. The Hall–Kier alpha value is -1.90. The largest absolute Gasteiger partial charge is 0.399 e. The Morgan fingerprint density at radius 2 is 2.14 bits per heavy atom. The molecule has 0 spiro atoms. The molecule has 7 heteroatoms. The Balaban J connectivity index is 2.16. The van der Waals surface area contributed by atoms with Crippen LogP contribution in [0.25, 0.3) is 0 Å². The summed E-state index contributed by atoms with van der Waals surface area (Å²) in [5.74, 6) is -0.286. The average molecular weight is 398 g/mol. The number of nitrogens with two attached hydrogens (primary N) is 1. The van der Waals surface area contributed by atoms with Gasteiger partial charge in [0, 0.05) is 11.4 Å². The van der Waals surface area contributed by atoms with E-state index < -0.39 is 0 Å². The Labute approximate surface area is 135 Å². The molecule has 3 N–H and O–H groups in total. The number of rotatable bonds is 3. The Morgan fingerprint density at radius 3 is 2.81 bits per heavy atom. The minimum atomic E-state index is -0.286. The minimum absolute atomic E-state index is 0.0774. The maximum absolute atomic E-state index is 12.0. The van der Waals surface area contributed by atoms with Crippen molar-refractivity contribution in [3.63, 3.8) is 0 Å². The summed E-state index contributed by atoms with van der Waals surface area (Å²) in [7, 11) is 0. The second-order valence-electron chi connectivity index (χ2n) is 4.70. The fourth-order valence-corrected chi connectivity index (χ4v) is 2.28. The van der Waals surface area contributed by atoms with Crippen molar-refractivity contribution in [2.75, 3.05) is 11.1 Å². The van der Waals surface area contributed by atoms with Gasteiger partial charge in [0.25, 0.3) is 5.56 Å². The van der Waals surface area contributed by atoms with E-state index >= 15 is 0 Å². The highest BCUT2D eigenvalue weighted by Gasteiger charge is 2.10. The topological polar surface area (TPSA) is 90.0 Å². The van der Waals surface area contributed by atoms with Gasteiger partial charge in [0.15, 0.2) is 0 Å². The first-order valence-corrected chi connectivity index (χ1v) is 7.34. The third-order valence-corrected chi connectivity index (χ3v) is 4.24. The van der Waals surface area contributed by atoms with Crippen molar-refractivity contribution in [1.82, 2.24) is 9.55 Å². The molecule has 0 saturated carbocycles. The molecule has 0 bridgehead atoms. The van der Waals surface area contributed by atoms with Crippen molar-refractivity contribution in [1.29, 1.82) is 0 Å². The molecule has 0 saturated heterocycles. The van der Waals surface area contributed by atoms with Crippen LogP contribution in [0, 0.1) is 17.4 Å². The molecule has 1 aromatic heterocycles. The molecule has 0 aliphatic heterocycles. The first kappa shape index (κ1) is 15.5. The van der Waals surface area contributed by atoms with Gasteiger partial charge in [-0.3, -0.25) is 14.2 Å². The van der Waals surface area contributed by atoms with Crippen LogP contribution < -0.4 is 16.6 Å². The predicted octanol–water partition coefficient (Wildman–Crippen LogP) is 1.69. The van der Waals surface area contributed by atoms with Gasteiger partial charge in [-0.25, -0.2) is 4.98 Å². The number of anilines is 2. The first-order valence-electron chi connectivity index (χ1n) is 6.26. The van der Waals surface area contributed by atoms with E-state index in [1.54, 1.807) is 25.1 Å². The van der Waals surface area contributed by atoms with Crippen LogP contribution in [0.4, 0.5) is 11.4 Å². The van der Waals surface area contributed by atoms with Gasteiger partial charge in [-0.05, 0) is 60.2 Å². The highest BCUT2D eigenvalue weighted by Crippen LogP contribution is 2.17. The highest BCUT2D eigenvalue weighted by atomic mass is 127. The molecule has 1 heterocycles. The zero-order chi connectivity index (χ0) is 15.6. The average Bonchev–Trinajstić information content (AvgIpc) is 2.43. The van der Waals surface area contributed by atoms with Gasteiger partial charge in [0.1, 0.15) is 6.54 Å². The van der Waals surface area contributed by atoms with Gasteiger partial charge in [0.2, 0.25) is 5.91 Å². The lowest BCUT2D eigenvalue weighted by Crippen LogP contribution is -2.30. The predicted molar refractivity (Wildman–Crippen MR) is 90.2 cm³/mol. The summed E-state index contributed by atoms with van der Waals surface area (Å²) in [5, 5.41) is 2.76. The van der Waals surface area contributed by atoms with E-state index in [9.17, 15) is 9.59 Å². The molecule has 1 aromatic carbocycles. The van der Waals surface area contributed by atoms with Crippen molar-refractivity contribution in [3.05, 3.63) is 49.7 Å². The van der Waals surface area contributed by atoms with Crippen molar-refractivity contribution in [2.45, 2.75) is 20.4 Å². The maximum Gasteiger partial charge on any atom is 0.267 e. The van der Waals surface area contributed by atoms with Crippen LogP contribution in [0.2, 0.25) is 0 Å². The summed E-state index contributed by atoms with van der Waals surface area (Å²) >= 11 is 1.93. The number of hydrogen-bond acceptors (Lipinski definition) is 4. The van der Waals surface area contributed by atoms with Crippen LogP contribution in [0.5, 0.6) is 0 Å². The van der Waals surface area contributed by atoms with Crippen LogP contribution in [0.3, 0.4) is 0 Å².